The lowest BCUT2D eigenvalue weighted by molar-refractivity contribution is -0.121. The van der Waals surface area contributed by atoms with Crippen molar-refractivity contribution >= 4 is 23.2 Å². The van der Waals surface area contributed by atoms with Crippen LogP contribution in [0.5, 0.6) is 0 Å². The van der Waals surface area contributed by atoms with Gasteiger partial charge in [-0.3, -0.25) is 9.59 Å². The normalized spacial score (nSPS) is 14.8. The van der Waals surface area contributed by atoms with E-state index in [4.69, 9.17) is 0 Å². The van der Waals surface area contributed by atoms with Crippen LogP contribution < -0.4 is 10.2 Å². The Balaban J connectivity index is 1.55. The van der Waals surface area contributed by atoms with E-state index < -0.39 is 5.41 Å². The smallest absolute Gasteiger partial charge is 0.255 e. The third kappa shape index (κ3) is 3.02. The molecule has 1 aliphatic heterocycles. The summed E-state index contributed by atoms with van der Waals surface area (Å²) in [5.41, 5.74) is 3.20. The second-order valence-electron chi connectivity index (χ2n) is 7.38. The van der Waals surface area contributed by atoms with Crippen LogP contribution in [0.25, 0.3) is 0 Å². The minimum atomic E-state index is -0.648. The summed E-state index contributed by atoms with van der Waals surface area (Å²) >= 11 is 0. The molecule has 1 aromatic heterocycles. The van der Waals surface area contributed by atoms with Gasteiger partial charge in [0.1, 0.15) is 0 Å². The summed E-state index contributed by atoms with van der Waals surface area (Å²) in [5, 5.41) is 16.8. The number of hydrogen-bond acceptors (Lipinski definition) is 5. The Hall–Kier alpha value is -3.55. The molecule has 0 fully saturated rings. The molecule has 0 unspecified atom stereocenters. The number of anilines is 2. The van der Waals surface area contributed by atoms with Crippen molar-refractivity contribution in [3.63, 3.8) is 0 Å². The van der Waals surface area contributed by atoms with Gasteiger partial charge >= 0.3 is 0 Å². The number of likely N-dealkylation sites (N-methyl/N-ethyl adjacent to an activating group) is 1. The van der Waals surface area contributed by atoms with E-state index in [2.05, 4.69) is 25.9 Å². The van der Waals surface area contributed by atoms with Crippen molar-refractivity contribution in [1.82, 2.24) is 20.6 Å². The molecule has 142 valence electrons. The van der Waals surface area contributed by atoms with Crippen LogP contribution in [-0.4, -0.2) is 39.5 Å². The van der Waals surface area contributed by atoms with E-state index in [9.17, 15) is 9.59 Å². The summed E-state index contributed by atoms with van der Waals surface area (Å²) in [6.07, 6.45) is 0.516. The lowest BCUT2D eigenvalue weighted by Gasteiger charge is -2.16. The van der Waals surface area contributed by atoms with Crippen LogP contribution in [0.4, 0.5) is 11.4 Å². The van der Waals surface area contributed by atoms with Crippen LogP contribution in [0.3, 0.4) is 0 Å². The zero-order valence-electron chi connectivity index (χ0n) is 15.9. The first kappa shape index (κ1) is 17.8. The van der Waals surface area contributed by atoms with E-state index in [1.165, 1.54) is 0 Å². The molecule has 8 heteroatoms. The SMILES string of the molecule is CN1C(=O)C(C)(C)c2cc(C(=O)Nc3cccc(Cc4nn[nH]n4)c3)ccc21. The Morgan fingerprint density at radius 2 is 2.04 bits per heavy atom. The van der Waals surface area contributed by atoms with Gasteiger partial charge in [-0.15, -0.1) is 10.2 Å². The summed E-state index contributed by atoms with van der Waals surface area (Å²) in [7, 11) is 1.75. The molecule has 0 bridgehead atoms. The molecular weight excluding hydrogens is 356 g/mol. The molecule has 0 saturated heterocycles. The maximum absolute atomic E-state index is 12.8. The minimum Gasteiger partial charge on any atom is -0.322 e. The van der Waals surface area contributed by atoms with Gasteiger partial charge in [-0.05, 0) is 55.3 Å². The number of H-pyrrole nitrogens is 1. The Morgan fingerprint density at radius 1 is 1.21 bits per heavy atom. The van der Waals surface area contributed by atoms with Crippen molar-refractivity contribution in [3.8, 4) is 0 Å². The number of aromatic nitrogens is 4. The lowest BCUT2D eigenvalue weighted by atomic mass is 9.85. The summed E-state index contributed by atoms with van der Waals surface area (Å²) in [4.78, 5) is 26.8. The van der Waals surface area contributed by atoms with Crippen LogP contribution in [0.15, 0.2) is 42.5 Å². The highest BCUT2D eigenvalue weighted by molar-refractivity contribution is 6.10. The summed E-state index contributed by atoms with van der Waals surface area (Å²) in [6.45, 7) is 3.75. The van der Waals surface area contributed by atoms with Crippen molar-refractivity contribution in [2.45, 2.75) is 25.7 Å². The highest BCUT2D eigenvalue weighted by atomic mass is 16.2. The number of amides is 2. The first-order valence-electron chi connectivity index (χ1n) is 8.91. The second kappa shape index (κ2) is 6.56. The van der Waals surface area contributed by atoms with E-state index in [1.54, 1.807) is 24.1 Å². The summed E-state index contributed by atoms with van der Waals surface area (Å²) in [5.74, 6) is 0.379. The highest BCUT2D eigenvalue weighted by Gasteiger charge is 2.42. The molecule has 28 heavy (non-hydrogen) atoms. The molecule has 0 saturated carbocycles. The number of aromatic amines is 1. The van der Waals surface area contributed by atoms with Crippen LogP contribution in [0.2, 0.25) is 0 Å². The maximum Gasteiger partial charge on any atom is 0.255 e. The van der Waals surface area contributed by atoms with Gasteiger partial charge in [0.2, 0.25) is 5.91 Å². The fourth-order valence-corrected chi connectivity index (χ4v) is 3.52. The molecule has 2 N–H and O–H groups in total. The van der Waals surface area contributed by atoms with Gasteiger partial charge in [-0.1, -0.05) is 17.3 Å². The molecule has 2 heterocycles. The van der Waals surface area contributed by atoms with Gasteiger partial charge in [0.25, 0.3) is 5.91 Å². The van der Waals surface area contributed by atoms with Gasteiger partial charge in [-0.25, -0.2) is 0 Å². The fourth-order valence-electron chi connectivity index (χ4n) is 3.52. The Kier molecular flexibility index (Phi) is 4.18. The van der Waals surface area contributed by atoms with E-state index >= 15 is 0 Å². The number of fused-ring (bicyclic) bond motifs is 1. The zero-order chi connectivity index (χ0) is 19.9. The Bertz CT molecular complexity index is 1060. The van der Waals surface area contributed by atoms with Crippen LogP contribution in [-0.2, 0) is 16.6 Å². The molecule has 8 nitrogen and oxygen atoms in total. The number of carbonyl (C=O) groups excluding carboxylic acids is 2. The minimum absolute atomic E-state index is 0.0224. The molecule has 2 amide bonds. The molecule has 0 radical (unpaired) electrons. The fraction of sp³-hybridized carbons (Fsp3) is 0.250. The summed E-state index contributed by atoms with van der Waals surface area (Å²) < 4.78 is 0. The zero-order valence-corrected chi connectivity index (χ0v) is 15.9. The van der Waals surface area contributed by atoms with Gasteiger partial charge in [-0.2, -0.15) is 5.21 Å². The van der Waals surface area contributed by atoms with Gasteiger partial charge < -0.3 is 10.2 Å². The first-order chi connectivity index (χ1) is 13.4. The average Bonchev–Trinajstić information content (AvgIpc) is 3.24. The molecule has 0 aliphatic carbocycles. The number of tetrazole rings is 1. The first-order valence-corrected chi connectivity index (χ1v) is 8.91. The van der Waals surface area contributed by atoms with Crippen LogP contribution >= 0.6 is 0 Å². The van der Waals surface area contributed by atoms with Crippen molar-refractivity contribution in [2.75, 3.05) is 17.3 Å². The maximum atomic E-state index is 12.8. The molecular formula is C20H20N6O2. The Morgan fingerprint density at radius 3 is 2.79 bits per heavy atom. The highest BCUT2D eigenvalue weighted by Crippen LogP contribution is 2.41. The van der Waals surface area contributed by atoms with E-state index in [0.717, 1.165) is 16.8 Å². The van der Waals surface area contributed by atoms with E-state index in [1.807, 2.05) is 44.2 Å². The number of benzene rings is 2. The topological polar surface area (TPSA) is 104 Å². The predicted octanol–water partition coefficient (Wildman–Crippen LogP) is 2.30. The monoisotopic (exact) mass is 376 g/mol. The summed E-state index contributed by atoms with van der Waals surface area (Å²) in [6, 6.07) is 12.9. The van der Waals surface area contributed by atoms with Crippen LogP contribution in [0.1, 0.15) is 41.2 Å². The molecule has 2 aromatic carbocycles. The van der Waals surface area contributed by atoms with Crippen LogP contribution in [0, 0.1) is 0 Å². The predicted molar refractivity (Wildman–Crippen MR) is 104 cm³/mol. The standard InChI is InChI=1S/C20H20N6O2/c1-20(2)15-11-13(7-8-16(15)26(3)19(20)28)18(27)21-14-6-4-5-12(9-14)10-17-22-24-25-23-17/h4-9,11H,10H2,1-3H3,(H,21,27)(H,22,23,24,25). The molecule has 3 aromatic rings. The third-order valence-electron chi connectivity index (χ3n) is 5.07. The largest absolute Gasteiger partial charge is 0.322 e. The lowest BCUT2D eigenvalue weighted by Crippen LogP contribution is -2.33. The number of rotatable bonds is 4. The van der Waals surface area contributed by atoms with Crippen molar-refractivity contribution in [3.05, 3.63) is 65.0 Å². The number of nitrogens with zero attached hydrogens (tertiary/aromatic N) is 4. The molecule has 0 atom stereocenters. The number of hydrogen-bond donors (Lipinski definition) is 2. The quantitative estimate of drug-likeness (QED) is 0.727. The number of nitrogens with one attached hydrogen (secondary N) is 2. The van der Waals surface area contributed by atoms with Crippen molar-refractivity contribution in [2.24, 2.45) is 0 Å². The number of carbonyl (C=O) groups is 2. The van der Waals surface area contributed by atoms with Crippen molar-refractivity contribution < 1.29 is 9.59 Å². The van der Waals surface area contributed by atoms with E-state index in [0.29, 0.717) is 23.5 Å². The molecule has 4 rings (SSSR count). The van der Waals surface area contributed by atoms with Gasteiger partial charge in [0, 0.05) is 30.4 Å². The van der Waals surface area contributed by atoms with Gasteiger partial charge in [0.15, 0.2) is 5.82 Å². The van der Waals surface area contributed by atoms with E-state index in [-0.39, 0.29) is 11.8 Å². The second-order valence-corrected chi connectivity index (χ2v) is 7.38. The van der Waals surface area contributed by atoms with Crippen molar-refractivity contribution in [1.29, 1.82) is 0 Å². The molecule has 0 spiro atoms. The van der Waals surface area contributed by atoms with Gasteiger partial charge in [0.05, 0.1) is 5.41 Å². The Labute approximate surface area is 162 Å². The third-order valence-corrected chi connectivity index (χ3v) is 5.07. The molecule has 1 aliphatic rings. The average molecular weight is 376 g/mol.